The quantitative estimate of drug-likeness (QED) is 0.914. The number of benzene rings is 1. The summed E-state index contributed by atoms with van der Waals surface area (Å²) in [5, 5.41) is 7.74. The molecule has 0 unspecified atom stereocenters. The highest BCUT2D eigenvalue weighted by molar-refractivity contribution is 6.33. The minimum absolute atomic E-state index is 0.564. The number of nitrogens with one attached hydrogen (secondary N) is 1. The predicted octanol–water partition coefficient (Wildman–Crippen LogP) is 3.57. The normalized spacial score (nSPS) is 10.4. The summed E-state index contributed by atoms with van der Waals surface area (Å²) in [6, 6.07) is 3.52. The summed E-state index contributed by atoms with van der Waals surface area (Å²) < 4.78 is 15.6. The number of aromatic nitrogens is 1. The van der Waals surface area contributed by atoms with Crippen molar-refractivity contribution in [3.8, 4) is 11.5 Å². The molecule has 1 heterocycles. The first kappa shape index (κ1) is 14.5. The summed E-state index contributed by atoms with van der Waals surface area (Å²) in [5.74, 6) is 2.02. The van der Waals surface area contributed by atoms with Gasteiger partial charge in [-0.25, -0.2) is 0 Å². The Morgan fingerprint density at radius 3 is 2.40 bits per heavy atom. The number of hydrogen-bond acceptors (Lipinski definition) is 5. The molecule has 5 nitrogen and oxygen atoms in total. The standard InChI is InChI=1S/C14H17ClN2O3/c1-8-10(9(2)20-17-8)7-16-12-6-14(19-4)13(18-3)5-11(12)15/h5-6,16H,7H2,1-4H3. The Labute approximate surface area is 122 Å². The van der Waals surface area contributed by atoms with E-state index in [1.165, 1.54) is 0 Å². The maximum absolute atomic E-state index is 6.22. The Morgan fingerprint density at radius 1 is 1.20 bits per heavy atom. The van der Waals surface area contributed by atoms with E-state index in [0.717, 1.165) is 22.7 Å². The molecule has 0 saturated carbocycles. The van der Waals surface area contributed by atoms with Crippen molar-refractivity contribution < 1.29 is 14.0 Å². The third-order valence-electron chi connectivity index (χ3n) is 3.11. The summed E-state index contributed by atoms with van der Waals surface area (Å²) in [4.78, 5) is 0. The fourth-order valence-corrected chi connectivity index (χ4v) is 2.15. The van der Waals surface area contributed by atoms with Gasteiger partial charge < -0.3 is 19.3 Å². The number of halogens is 1. The zero-order valence-electron chi connectivity index (χ0n) is 11.9. The van der Waals surface area contributed by atoms with Gasteiger partial charge >= 0.3 is 0 Å². The molecule has 0 aliphatic heterocycles. The van der Waals surface area contributed by atoms with Gasteiger partial charge in [0.05, 0.1) is 30.6 Å². The highest BCUT2D eigenvalue weighted by Gasteiger charge is 2.12. The lowest BCUT2D eigenvalue weighted by Gasteiger charge is -2.13. The second-order valence-corrected chi connectivity index (χ2v) is 4.75. The highest BCUT2D eigenvalue weighted by atomic mass is 35.5. The minimum Gasteiger partial charge on any atom is -0.493 e. The van der Waals surface area contributed by atoms with Crippen molar-refractivity contribution in [2.45, 2.75) is 20.4 Å². The summed E-state index contributed by atoms with van der Waals surface area (Å²) in [6.45, 7) is 4.37. The second kappa shape index (κ2) is 6.05. The molecule has 0 amide bonds. The van der Waals surface area contributed by atoms with Gasteiger partial charge in [0.1, 0.15) is 5.76 Å². The molecular formula is C14H17ClN2O3. The first-order chi connectivity index (χ1) is 9.56. The van der Waals surface area contributed by atoms with Crippen molar-refractivity contribution in [1.82, 2.24) is 5.16 Å². The average molecular weight is 297 g/mol. The molecule has 1 N–H and O–H groups in total. The van der Waals surface area contributed by atoms with Crippen LogP contribution in [0.4, 0.5) is 5.69 Å². The molecule has 2 aromatic rings. The first-order valence-electron chi connectivity index (χ1n) is 6.14. The van der Waals surface area contributed by atoms with Crippen LogP contribution in [0, 0.1) is 13.8 Å². The molecule has 1 aromatic carbocycles. The number of aryl methyl sites for hydroxylation is 2. The number of rotatable bonds is 5. The summed E-state index contributed by atoms with van der Waals surface area (Å²) in [6.07, 6.45) is 0. The molecule has 0 saturated heterocycles. The zero-order valence-corrected chi connectivity index (χ0v) is 12.7. The Hall–Kier alpha value is -1.88. The van der Waals surface area contributed by atoms with Crippen LogP contribution in [-0.4, -0.2) is 19.4 Å². The smallest absolute Gasteiger partial charge is 0.162 e. The molecule has 0 bridgehead atoms. The molecule has 0 fully saturated rings. The Balaban J connectivity index is 2.21. The number of hydrogen-bond donors (Lipinski definition) is 1. The monoisotopic (exact) mass is 296 g/mol. The van der Waals surface area contributed by atoms with E-state index < -0.39 is 0 Å². The van der Waals surface area contributed by atoms with E-state index in [2.05, 4.69) is 10.5 Å². The van der Waals surface area contributed by atoms with Crippen molar-refractivity contribution in [2.24, 2.45) is 0 Å². The topological polar surface area (TPSA) is 56.5 Å². The summed E-state index contributed by atoms with van der Waals surface area (Å²) >= 11 is 6.22. The van der Waals surface area contributed by atoms with Crippen LogP contribution in [0.1, 0.15) is 17.0 Å². The SMILES string of the molecule is COc1cc(Cl)c(NCc2c(C)noc2C)cc1OC. The lowest BCUT2D eigenvalue weighted by molar-refractivity contribution is 0.355. The van der Waals surface area contributed by atoms with E-state index in [0.29, 0.717) is 23.1 Å². The number of ether oxygens (including phenoxy) is 2. The third kappa shape index (κ3) is 2.82. The van der Waals surface area contributed by atoms with Crippen molar-refractivity contribution in [3.05, 3.63) is 34.2 Å². The van der Waals surface area contributed by atoms with E-state index in [1.807, 2.05) is 13.8 Å². The van der Waals surface area contributed by atoms with Gasteiger partial charge in [0, 0.05) is 24.2 Å². The van der Waals surface area contributed by atoms with Gasteiger partial charge in [-0.15, -0.1) is 0 Å². The molecule has 0 spiro atoms. The van der Waals surface area contributed by atoms with Gasteiger partial charge in [-0.1, -0.05) is 16.8 Å². The molecule has 1 aromatic heterocycles. The van der Waals surface area contributed by atoms with Gasteiger partial charge in [-0.05, 0) is 13.8 Å². The van der Waals surface area contributed by atoms with Crippen LogP contribution in [0.15, 0.2) is 16.7 Å². The number of nitrogens with zero attached hydrogens (tertiary/aromatic N) is 1. The largest absolute Gasteiger partial charge is 0.493 e. The van der Waals surface area contributed by atoms with Gasteiger partial charge in [0.25, 0.3) is 0 Å². The molecule has 108 valence electrons. The van der Waals surface area contributed by atoms with E-state index >= 15 is 0 Å². The first-order valence-corrected chi connectivity index (χ1v) is 6.51. The van der Waals surface area contributed by atoms with Crippen LogP contribution in [0.3, 0.4) is 0 Å². The van der Waals surface area contributed by atoms with Crippen LogP contribution >= 0.6 is 11.6 Å². The summed E-state index contributed by atoms with van der Waals surface area (Å²) in [5.41, 5.74) is 2.66. The number of methoxy groups -OCH3 is 2. The minimum atomic E-state index is 0.564. The van der Waals surface area contributed by atoms with Crippen molar-refractivity contribution >= 4 is 17.3 Å². The maximum atomic E-state index is 6.22. The van der Waals surface area contributed by atoms with Gasteiger partial charge in [0.15, 0.2) is 11.5 Å². The fourth-order valence-electron chi connectivity index (χ4n) is 1.93. The molecule has 20 heavy (non-hydrogen) atoms. The predicted molar refractivity (Wildman–Crippen MR) is 77.9 cm³/mol. The van der Waals surface area contributed by atoms with E-state index in [4.69, 9.17) is 25.6 Å². The van der Waals surface area contributed by atoms with Crippen molar-refractivity contribution in [1.29, 1.82) is 0 Å². The fraction of sp³-hybridized carbons (Fsp3) is 0.357. The van der Waals surface area contributed by atoms with Crippen molar-refractivity contribution in [2.75, 3.05) is 19.5 Å². The molecule has 0 aliphatic carbocycles. The molecule has 0 radical (unpaired) electrons. The summed E-state index contributed by atoms with van der Waals surface area (Å²) in [7, 11) is 3.16. The van der Waals surface area contributed by atoms with E-state index in [9.17, 15) is 0 Å². The second-order valence-electron chi connectivity index (χ2n) is 4.34. The lowest BCUT2D eigenvalue weighted by Crippen LogP contribution is -2.03. The highest BCUT2D eigenvalue weighted by Crippen LogP contribution is 2.36. The third-order valence-corrected chi connectivity index (χ3v) is 3.42. The Morgan fingerprint density at radius 2 is 1.85 bits per heavy atom. The van der Waals surface area contributed by atoms with Gasteiger partial charge in [-0.2, -0.15) is 0 Å². The average Bonchev–Trinajstić information content (AvgIpc) is 2.76. The van der Waals surface area contributed by atoms with E-state index in [1.54, 1.807) is 26.4 Å². The molecule has 2 rings (SSSR count). The van der Waals surface area contributed by atoms with E-state index in [-0.39, 0.29) is 0 Å². The van der Waals surface area contributed by atoms with Gasteiger partial charge in [0.2, 0.25) is 0 Å². The molecule has 6 heteroatoms. The van der Waals surface area contributed by atoms with Gasteiger partial charge in [-0.3, -0.25) is 0 Å². The van der Waals surface area contributed by atoms with Crippen LogP contribution in [-0.2, 0) is 6.54 Å². The molecule has 0 atom stereocenters. The van der Waals surface area contributed by atoms with Crippen LogP contribution in [0.25, 0.3) is 0 Å². The molecule has 0 aliphatic rings. The molecular weight excluding hydrogens is 280 g/mol. The lowest BCUT2D eigenvalue weighted by atomic mass is 10.2. The number of anilines is 1. The maximum Gasteiger partial charge on any atom is 0.162 e. The van der Waals surface area contributed by atoms with Crippen LogP contribution < -0.4 is 14.8 Å². The zero-order chi connectivity index (χ0) is 14.7. The Kier molecular flexibility index (Phi) is 4.39. The van der Waals surface area contributed by atoms with Crippen molar-refractivity contribution in [3.63, 3.8) is 0 Å². The van der Waals surface area contributed by atoms with Crippen LogP contribution in [0.2, 0.25) is 5.02 Å². The van der Waals surface area contributed by atoms with Crippen LogP contribution in [0.5, 0.6) is 11.5 Å². The Bertz CT molecular complexity index is 591.